The summed E-state index contributed by atoms with van der Waals surface area (Å²) in [7, 11) is 0. The maximum Gasteiger partial charge on any atom is 0.316 e. The Morgan fingerprint density at radius 1 is 1.45 bits per heavy atom. The normalized spacial score (nSPS) is 18.6. The van der Waals surface area contributed by atoms with Gasteiger partial charge in [-0.1, -0.05) is 19.4 Å². The van der Waals surface area contributed by atoms with Crippen molar-refractivity contribution in [3.05, 3.63) is 29.8 Å². The molecule has 0 saturated carbocycles. The molecule has 0 bridgehead atoms. The zero-order chi connectivity index (χ0) is 14.5. The molecule has 1 unspecified atom stereocenters. The molecule has 20 heavy (non-hydrogen) atoms. The van der Waals surface area contributed by atoms with Crippen LogP contribution in [0.5, 0.6) is 0 Å². The van der Waals surface area contributed by atoms with Crippen molar-refractivity contribution in [3.63, 3.8) is 0 Å². The summed E-state index contributed by atoms with van der Waals surface area (Å²) in [6, 6.07) is 6.28. The first-order chi connectivity index (χ1) is 9.60. The molecule has 1 fully saturated rings. The smallest absolute Gasteiger partial charge is 0.316 e. The number of urea groups is 1. The number of hydrogen-bond donors (Lipinski definition) is 2. The first-order valence-corrected chi connectivity index (χ1v) is 7.06. The van der Waals surface area contributed by atoms with E-state index >= 15 is 0 Å². The quantitative estimate of drug-likeness (QED) is 0.889. The summed E-state index contributed by atoms with van der Waals surface area (Å²) in [6.07, 6.45) is 3.36. The molecule has 5 heteroatoms. The lowest BCUT2D eigenvalue weighted by Crippen LogP contribution is -2.39. The summed E-state index contributed by atoms with van der Waals surface area (Å²) >= 11 is 0. The molecule has 3 N–H and O–H groups in total. The molecule has 2 rings (SSSR count). The zero-order valence-electron chi connectivity index (χ0n) is 11.8. The van der Waals surface area contributed by atoms with E-state index in [0.717, 1.165) is 25.9 Å². The van der Waals surface area contributed by atoms with Crippen LogP contribution in [0.15, 0.2) is 24.3 Å². The van der Waals surface area contributed by atoms with Crippen LogP contribution in [0.2, 0.25) is 0 Å². The Bertz CT molecular complexity index is 502. The standard InChI is InChI=1S/C15H21N3O2/c1-2-11-5-4-8-18(10-11)14(19)12-6-3-7-13(9-12)17-15(16)20/h3,6-7,9,11H,2,4-5,8,10H2,1H3,(H3,16,17,20). The molecule has 1 aliphatic rings. The van der Waals surface area contributed by atoms with Gasteiger partial charge in [0, 0.05) is 24.3 Å². The van der Waals surface area contributed by atoms with Gasteiger partial charge in [-0.05, 0) is 37.0 Å². The van der Waals surface area contributed by atoms with E-state index in [4.69, 9.17) is 5.73 Å². The number of piperidine rings is 1. The lowest BCUT2D eigenvalue weighted by atomic mass is 9.95. The van der Waals surface area contributed by atoms with E-state index in [1.54, 1.807) is 24.3 Å². The third kappa shape index (κ3) is 3.50. The average Bonchev–Trinajstić information content (AvgIpc) is 2.46. The largest absolute Gasteiger partial charge is 0.351 e. The molecule has 108 valence electrons. The molecular weight excluding hydrogens is 254 g/mol. The van der Waals surface area contributed by atoms with Gasteiger partial charge in [-0.2, -0.15) is 0 Å². The van der Waals surface area contributed by atoms with Crippen LogP contribution in [-0.2, 0) is 0 Å². The summed E-state index contributed by atoms with van der Waals surface area (Å²) < 4.78 is 0. The number of rotatable bonds is 3. The van der Waals surface area contributed by atoms with Gasteiger partial charge in [0.15, 0.2) is 0 Å². The highest BCUT2D eigenvalue weighted by Gasteiger charge is 2.23. The van der Waals surface area contributed by atoms with Crippen LogP contribution in [0.25, 0.3) is 0 Å². The van der Waals surface area contributed by atoms with Crippen LogP contribution in [0.3, 0.4) is 0 Å². The second-order valence-electron chi connectivity index (χ2n) is 5.24. The molecule has 0 radical (unpaired) electrons. The number of nitrogens with zero attached hydrogens (tertiary/aromatic N) is 1. The number of benzene rings is 1. The van der Waals surface area contributed by atoms with E-state index in [2.05, 4.69) is 12.2 Å². The fourth-order valence-electron chi connectivity index (χ4n) is 2.64. The number of nitrogens with one attached hydrogen (secondary N) is 1. The predicted molar refractivity (Wildman–Crippen MR) is 78.6 cm³/mol. The van der Waals surface area contributed by atoms with Crippen molar-refractivity contribution in [2.24, 2.45) is 11.7 Å². The monoisotopic (exact) mass is 275 g/mol. The molecule has 3 amide bonds. The number of amides is 3. The van der Waals surface area contributed by atoms with E-state index in [0.29, 0.717) is 17.2 Å². The van der Waals surface area contributed by atoms with Gasteiger partial charge in [0.1, 0.15) is 0 Å². The molecule has 0 aromatic heterocycles. The predicted octanol–water partition coefficient (Wildman–Crippen LogP) is 2.44. The maximum atomic E-state index is 12.5. The molecule has 1 aromatic carbocycles. The minimum Gasteiger partial charge on any atom is -0.351 e. The molecule has 0 aliphatic carbocycles. The highest BCUT2D eigenvalue weighted by atomic mass is 16.2. The Balaban J connectivity index is 2.10. The van der Waals surface area contributed by atoms with Crippen molar-refractivity contribution in [2.75, 3.05) is 18.4 Å². The van der Waals surface area contributed by atoms with Gasteiger partial charge in [0.25, 0.3) is 5.91 Å². The number of primary amides is 1. The average molecular weight is 275 g/mol. The highest BCUT2D eigenvalue weighted by Crippen LogP contribution is 2.21. The van der Waals surface area contributed by atoms with Crippen LogP contribution >= 0.6 is 0 Å². The van der Waals surface area contributed by atoms with Gasteiger partial charge in [-0.3, -0.25) is 4.79 Å². The van der Waals surface area contributed by atoms with E-state index in [1.165, 1.54) is 6.42 Å². The van der Waals surface area contributed by atoms with Crippen LogP contribution < -0.4 is 11.1 Å². The van der Waals surface area contributed by atoms with Crippen molar-refractivity contribution in [2.45, 2.75) is 26.2 Å². The van der Waals surface area contributed by atoms with Crippen LogP contribution in [0.4, 0.5) is 10.5 Å². The van der Waals surface area contributed by atoms with Crippen LogP contribution in [0.1, 0.15) is 36.5 Å². The summed E-state index contributed by atoms with van der Waals surface area (Å²) in [5.41, 5.74) is 6.22. The Kier molecular flexibility index (Phi) is 4.61. The topological polar surface area (TPSA) is 75.4 Å². The van der Waals surface area contributed by atoms with Gasteiger partial charge in [0.2, 0.25) is 0 Å². The molecule has 1 saturated heterocycles. The number of carbonyl (C=O) groups excluding carboxylic acids is 2. The van der Waals surface area contributed by atoms with Gasteiger partial charge in [-0.15, -0.1) is 0 Å². The van der Waals surface area contributed by atoms with Crippen molar-refractivity contribution < 1.29 is 9.59 Å². The Labute approximate surface area is 119 Å². The number of carbonyl (C=O) groups is 2. The van der Waals surface area contributed by atoms with Gasteiger partial charge in [0.05, 0.1) is 0 Å². The third-order valence-corrected chi connectivity index (χ3v) is 3.76. The number of nitrogens with two attached hydrogens (primary N) is 1. The summed E-state index contributed by atoms with van der Waals surface area (Å²) in [5.74, 6) is 0.621. The lowest BCUT2D eigenvalue weighted by molar-refractivity contribution is 0.0671. The minimum atomic E-state index is -0.626. The van der Waals surface area contributed by atoms with Crippen molar-refractivity contribution in [1.82, 2.24) is 4.90 Å². The molecular formula is C15H21N3O2. The first-order valence-electron chi connectivity index (χ1n) is 7.06. The molecule has 1 atom stereocenters. The zero-order valence-corrected chi connectivity index (χ0v) is 11.8. The van der Waals surface area contributed by atoms with E-state index in [9.17, 15) is 9.59 Å². The lowest BCUT2D eigenvalue weighted by Gasteiger charge is -2.32. The molecule has 1 heterocycles. The fraction of sp³-hybridized carbons (Fsp3) is 0.467. The molecule has 0 spiro atoms. The van der Waals surface area contributed by atoms with E-state index < -0.39 is 6.03 Å². The minimum absolute atomic E-state index is 0.0243. The number of hydrogen-bond acceptors (Lipinski definition) is 2. The van der Waals surface area contributed by atoms with Crippen molar-refractivity contribution in [1.29, 1.82) is 0 Å². The third-order valence-electron chi connectivity index (χ3n) is 3.76. The molecule has 1 aliphatic heterocycles. The number of anilines is 1. The van der Waals surface area contributed by atoms with Crippen molar-refractivity contribution >= 4 is 17.6 Å². The highest BCUT2D eigenvalue weighted by molar-refractivity contribution is 5.96. The van der Waals surface area contributed by atoms with Crippen LogP contribution in [-0.4, -0.2) is 29.9 Å². The van der Waals surface area contributed by atoms with Gasteiger partial charge in [-0.25, -0.2) is 4.79 Å². The SMILES string of the molecule is CCC1CCCN(C(=O)c2cccc(NC(N)=O)c2)C1. The van der Waals surface area contributed by atoms with E-state index in [-0.39, 0.29) is 5.91 Å². The van der Waals surface area contributed by atoms with Crippen molar-refractivity contribution in [3.8, 4) is 0 Å². The summed E-state index contributed by atoms with van der Waals surface area (Å²) in [4.78, 5) is 25.2. The number of likely N-dealkylation sites (tertiary alicyclic amines) is 1. The Morgan fingerprint density at radius 2 is 2.25 bits per heavy atom. The second kappa shape index (κ2) is 6.41. The summed E-state index contributed by atoms with van der Waals surface area (Å²) in [5, 5.41) is 2.49. The summed E-state index contributed by atoms with van der Waals surface area (Å²) in [6.45, 7) is 3.79. The second-order valence-corrected chi connectivity index (χ2v) is 5.24. The maximum absolute atomic E-state index is 12.5. The van der Waals surface area contributed by atoms with Crippen LogP contribution in [0, 0.1) is 5.92 Å². The molecule has 1 aromatic rings. The molecule has 5 nitrogen and oxygen atoms in total. The Hall–Kier alpha value is -2.04. The Morgan fingerprint density at radius 3 is 2.95 bits per heavy atom. The fourth-order valence-corrected chi connectivity index (χ4v) is 2.64. The first kappa shape index (κ1) is 14.4. The van der Waals surface area contributed by atoms with Gasteiger partial charge >= 0.3 is 6.03 Å². The van der Waals surface area contributed by atoms with E-state index in [1.807, 2.05) is 4.90 Å². The van der Waals surface area contributed by atoms with Gasteiger partial charge < -0.3 is 16.0 Å².